The van der Waals surface area contributed by atoms with Crippen molar-refractivity contribution in [2.75, 3.05) is 13.7 Å². The van der Waals surface area contributed by atoms with Gasteiger partial charge < -0.3 is 10.1 Å². The number of likely N-dealkylation sites (N-methyl/N-ethyl adjacent to an activating group) is 1. The molecule has 1 aromatic rings. The first kappa shape index (κ1) is 11.1. The summed E-state index contributed by atoms with van der Waals surface area (Å²) in [5.74, 6) is 0.896. The predicted octanol–water partition coefficient (Wildman–Crippen LogP) is 2.35. The van der Waals surface area contributed by atoms with Crippen molar-refractivity contribution >= 4 is 35.3 Å². The molecule has 1 atom stereocenters. The van der Waals surface area contributed by atoms with Gasteiger partial charge in [0.15, 0.2) is 5.75 Å². The van der Waals surface area contributed by atoms with E-state index in [1.165, 1.54) is 4.88 Å². The highest BCUT2D eigenvalue weighted by Gasteiger charge is 2.21. The van der Waals surface area contributed by atoms with Gasteiger partial charge in [0.25, 0.3) is 0 Å². The molecule has 2 rings (SSSR count). The molecule has 74 valence electrons. The molecule has 1 aliphatic rings. The van der Waals surface area contributed by atoms with Crippen LogP contribution in [0.4, 0.5) is 0 Å². The first-order valence-corrected chi connectivity index (χ1v) is 5.13. The monoisotopic (exact) mass is 239 g/mol. The summed E-state index contributed by atoms with van der Waals surface area (Å²) < 4.78 is 5.51. The molecular weight excluding hydrogens is 229 g/mol. The summed E-state index contributed by atoms with van der Waals surface area (Å²) in [4.78, 5) is 1.26. The van der Waals surface area contributed by atoms with E-state index >= 15 is 0 Å². The van der Waals surface area contributed by atoms with E-state index in [-0.39, 0.29) is 12.4 Å². The molecule has 1 unspecified atom stereocenters. The number of fused-ring (bicyclic) bond motifs is 1. The van der Waals surface area contributed by atoms with Crippen LogP contribution in [0.5, 0.6) is 5.75 Å². The van der Waals surface area contributed by atoms with Gasteiger partial charge in [0.05, 0.1) is 5.02 Å². The summed E-state index contributed by atoms with van der Waals surface area (Å²) in [6.07, 6.45) is 1.03. The van der Waals surface area contributed by atoms with Crippen molar-refractivity contribution in [1.29, 1.82) is 0 Å². The molecule has 0 spiro atoms. The van der Waals surface area contributed by atoms with Crippen molar-refractivity contribution in [2.45, 2.75) is 12.5 Å². The van der Waals surface area contributed by atoms with Crippen molar-refractivity contribution in [2.24, 2.45) is 0 Å². The highest BCUT2D eigenvalue weighted by molar-refractivity contribution is 7.10. The van der Waals surface area contributed by atoms with Crippen LogP contribution in [-0.4, -0.2) is 19.7 Å². The Morgan fingerprint density at radius 1 is 1.69 bits per heavy atom. The fourth-order valence-corrected chi connectivity index (χ4v) is 2.59. The lowest BCUT2D eigenvalue weighted by molar-refractivity contribution is 0.249. The molecule has 0 aliphatic carbocycles. The summed E-state index contributed by atoms with van der Waals surface area (Å²) in [5.41, 5.74) is 0. The molecule has 2 heterocycles. The summed E-state index contributed by atoms with van der Waals surface area (Å²) in [6, 6.07) is 0.437. The number of rotatable bonds is 1. The maximum Gasteiger partial charge on any atom is 0.151 e. The Kier molecular flexibility index (Phi) is 3.86. The lowest BCUT2D eigenvalue weighted by atomic mass is 10.1. The van der Waals surface area contributed by atoms with Crippen LogP contribution in [0.1, 0.15) is 4.88 Å². The highest BCUT2D eigenvalue weighted by Crippen LogP contribution is 2.37. The number of halogens is 2. The van der Waals surface area contributed by atoms with Crippen LogP contribution in [0.25, 0.3) is 0 Å². The molecule has 1 aliphatic heterocycles. The Bertz CT molecular complexity index is 290. The van der Waals surface area contributed by atoms with Crippen LogP contribution in [-0.2, 0) is 6.42 Å². The van der Waals surface area contributed by atoms with Crippen LogP contribution in [0, 0.1) is 0 Å². The van der Waals surface area contributed by atoms with Gasteiger partial charge in [-0.05, 0) is 7.05 Å². The van der Waals surface area contributed by atoms with E-state index in [0.29, 0.717) is 6.04 Å². The first-order chi connectivity index (χ1) is 5.81. The van der Waals surface area contributed by atoms with E-state index in [2.05, 4.69) is 5.32 Å². The third kappa shape index (κ3) is 2.10. The molecule has 2 nitrogen and oxygen atoms in total. The maximum absolute atomic E-state index is 5.91. The largest absolute Gasteiger partial charge is 0.489 e. The van der Waals surface area contributed by atoms with E-state index in [0.717, 1.165) is 23.8 Å². The van der Waals surface area contributed by atoms with Gasteiger partial charge in [-0.2, -0.15) is 0 Å². The Morgan fingerprint density at radius 3 is 3.15 bits per heavy atom. The van der Waals surface area contributed by atoms with Gasteiger partial charge in [-0.3, -0.25) is 0 Å². The van der Waals surface area contributed by atoms with E-state index in [1.807, 2.05) is 12.4 Å². The molecule has 0 radical (unpaired) electrons. The lowest BCUT2D eigenvalue weighted by Gasteiger charge is -2.22. The minimum absolute atomic E-state index is 0. The molecule has 1 N–H and O–H groups in total. The minimum Gasteiger partial charge on any atom is -0.489 e. The zero-order valence-electron chi connectivity index (χ0n) is 7.17. The van der Waals surface area contributed by atoms with E-state index < -0.39 is 0 Å². The number of ether oxygens (including phenoxy) is 1. The van der Waals surface area contributed by atoms with Crippen molar-refractivity contribution in [1.82, 2.24) is 5.32 Å². The molecule has 5 heteroatoms. The number of nitrogens with one attached hydrogen (secondary N) is 1. The van der Waals surface area contributed by atoms with Gasteiger partial charge in [0, 0.05) is 22.7 Å². The van der Waals surface area contributed by atoms with Crippen molar-refractivity contribution in [3.63, 3.8) is 0 Å². The second kappa shape index (κ2) is 4.51. The summed E-state index contributed by atoms with van der Waals surface area (Å²) in [7, 11) is 1.95. The zero-order valence-corrected chi connectivity index (χ0v) is 9.56. The highest BCUT2D eigenvalue weighted by atomic mass is 35.5. The third-order valence-corrected chi connectivity index (χ3v) is 3.44. The van der Waals surface area contributed by atoms with Gasteiger partial charge in [-0.25, -0.2) is 0 Å². The summed E-state index contributed by atoms with van der Waals surface area (Å²) in [5, 5.41) is 5.88. The molecule has 0 saturated carbocycles. The van der Waals surface area contributed by atoms with Crippen LogP contribution in [0.15, 0.2) is 5.38 Å². The molecule has 1 aromatic heterocycles. The Labute approximate surface area is 92.6 Å². The Balaban J connectivity index is 0.000000845. The van der Waals surface area contributed by atoms with Crippen LogP contribution in [0.2, 0.25) is 5.02 Å². The average molecular weight is 240 g/mol. The van der Waals surface area contributed by atoms with Gasteiger partial charge in [0.1, 0.15) is 6.61 Å². The van der Waals surface area contributed by atoms with Crippen molar-refractivity contribution < 1.29 is 4.74 Å². The number of thiophene rings is 1. The van der Waals surface area contributed by atoms with Gasteiger partial charge >= 0.3 is 0 Å². The standard InChI is InChI=1S/C8H10ClNOS.ClH/c1-10-5-2-7-8(11-3-5)6(9)4-12-7;/h4-5,10H,2-3H2,1H3;1H. The Morgan fingerprint density at radius 2 is 2.46 bits per heavy atom. The van der Waals surface area contributed by atoms with Crippen LogP contribution < -0.4 is 10.1 Å². The average Bonchev–Trinajstić information content (AvgIpc) is 2.47. The molecule has 0 aromatic carbocycles. The van der Waals surface area contributed by atoms with E-state index in [1.54, 1.807) is 11.3 Å². The molecule has 0 bridgehead atoms. The Hall–Kier alpha value is 0.0400. The smallest absolute Gasteiger partial charge is 0.151 e. The molecule has 0 saturated heterocycles. The van der Waals surface area contributed by atoms with E-state index in [4.69, 9.17) is 16.3 Å². The fraction of sp³-hybridized carbons (Fsp3) is 0.500. The zero-order chi connectivity index (χ0) is 8.55. The summed E-state index contributed by atoms with van der Waals surface area (Å²) >= 11 is 7.59. The quantitative estimate of drug-likeness (QED) is 0.813. The fourth-order valence-electron chi connectivity index (χ4n) is 1.31. The predicted molar refractivity (Wildman–Crippen MR) is 58.6 cm³/mol. The minimum atomic E-state index is 0. The lowest BCUT2D eigenvalue weighted by Crippen LogP contribution is -2.36. The topological polar surface area (TPSA) is 21.3 Å². The number of hydrogen-bond donors (Lipinski definition) is 1. The second-order valence-corrected chi connectivity index (χ2v) is 4.21. The second-order valence-electron chi connectivity index (χ2n) is 2.84. The number of hydrogen-bond acceptors (Lipinski definition) is 3. The van der Waals surface area contributed by atoms with Crippen LogP contribution >= 0.6 is 35.3 Å². The van der Waals surface area contributed by atoms with Gasteiger partial charge in [-0.15, -0.1) is 23.7 Å². The van der Waals surface area contributed by atoms with Gasteiger partial charge in [0.2, 0.25) is 0 Å². The maximum atomic E-state index is 5.91. The van der Waals surface area contributed by atoms with Crippen LogP contribution in [0.3, 0.4) is 0 Å². The first-order valence-electron chi connectivity index (χ1n) is 3.87. The molecular formula is C8H11Cl2NOS. The van der Waals surface area contributed by atoms with Crippen molar-refractivity contribution in [3.05, 3.63) is 15.3 Å². The summed E-state index contributed by atoms with van der Waals surface area (Å²) in [6.45, 7) is 0.722. The molecule has 13 heavy (non-hydrogen) atoms. The van der Waals surface area contributed by atoms with E-state index in [9.17, 15) is 0 Å². The van der Waals surface area contributed by atoms with Gasteiger partial charge in [-0.1, -0.05) is 11.6 Å². The third-order valence-electron chi connectivity index (χ3n) is 2.04. The van der Waals surface area contributed by atoms with Crippen molar-refractivity contribution in [3.8, 4) is 5.75 Å². The molecule has 0 fully saturated rings. The molecule has 0 amide bonds. The normalized spacial score (nSPS) is 20.0. The SMILES string of the molecule is CNC1COc2c(Cl)csc2C1.Cl.